The van der Waals surface area contributed by atoms with Crippen LogP contribution in [0.15, 0.2) is 22.9 Å². The third-order valence-electron chi connectivity index (χ3n) is 2.54. The van der Waals surface area contributed by atoms with Crippen molar-refractivity contribution in [3.8, 4) is 0 Å². The van der Waals surface area contributed by atoms with Gasteiger partial charge in [0.2, 0.25) is 0 Å². The Labute approximate surface area is 85.4 Å². The molecule has 1 saturated carbocycles. The standard InChI is InChI=1S/C9H11BrN2O/c10-8-7(2-1-5-12-8)9(3-4-9)6-13-11/h1-2,5H,3-4,6,11H2. The predicted octanol–water partition coefficient (Wildman–Crippen LogP) is 1.77. The molecular formula is C9H11BrN2O. The number of hydrogen-bond acceptors (Lipinski definition) is 3. The normalized spacial score (nSPS) is 18.6. The molecule has 2 N–H and O–H groups in total. The molecule has 1 aromatic heterocycles. The molecule has 0 amide bonds. The molecule has 0 bridgehead atoms. The van der Waals surface area contributed by atoms with Gasteiger partial charge in [0.05, 0.1) is 6.61 Å². The highest BCUT2D eigenvalue weighted by atomic mass is 79.9. The van der Waals surface area contributed by atoms with Crippen LogP contribution in [0.1, 0.15) is 18.4 Å². The number of hydrogen-bond donors (Lipinski definition) is 1. The lowest BCUT2D eigenvalue weighted by Gasteiger charge is -2.14. The first-order chi connectivity index (χ1) is 6.28. The maximum Gasteiger partial charge on any atom is 0.109 e. The first-order valence-corrected chi connectivity index (χ1v) is 5.00. The van der Waals surface area contributed by atoms with Gasteiger partial charge in [-0.2, -0.15) is 0 Å². The predicted molar refractivity (Wildman–Crippen MR) is 53.0 cm³/mol. The van der Waals surface area contributed by atoms with E-state index in [2.05, 4.69) is 27.0 Å². The number of pyridine rings is 1. The summed E-state index contributed by atoms with van der Waals surface area (Å²) in [6.45, 7) is 0.581. The summed E-state index contributed by atoms with van der Waals surface area (Å²) in [6, 6.07) is 4.01. The fourth-order valence-corrected chi connectivity index (χ4v) is 2.25. The molecule has 1 aliphatic rings. The minimum absolute atomic E-state index is 0.127. The van der Waals surface area contributed by atoms with E-state index in [4.69, 9.17) is 10.7 Å². The van der Waals surface area contributed by atoms with E-state index in [-0.39, 0.29) is 5.41 Å². The molecule has 0 radical (unpaired) electrons. The fourth-order valence-electron chi connectivity index (χ4n) is 1.58. The number of aromatic nitrogens is 1. The molecule has 70 valence electrons. The van der Waals surface area contributed by atoms with Crippen molar-refractivity contribution in [2.75, 3.05) is 6.61 Å². The topological polar surface area (TPSA) is 48.1 Å². The zero-order valence-electron chi connectivity index (χ0n) is 7.16. The first-order valence-electron chi connectivity index (χ1n) is 4.21. The van der Waals surface area contributed by atoms with Crippen LogP contribution in [0.3, 0.4) is 0 Å². The van der Waals surface area contributed by atoms with Gasteiger partial charge >= 0.3 is 0 Å². The highest BCUT2D eigenvalue weighted by molar-refractivity contribution is 9.10. The summed E-state index contributed by atoms with van der Waals surface area (Å²) in [6.07, 6.45) is 4.04. The van der Waals surface area contributed by atoms with E-state index in [0.29, 0.717) is 6.61 Å². The lowest BCUT2D eigenvalue weighted by atomic mass is 9.99. The SMILES string of the molecule is NOCC1(c2cccnc2Br)CC1. The van der Waals surface area contributed by atoms with Gasteiger partial charge in [-0.1, -0.05) is 6.07 Å². The van der Waals surface area contributed by atoms with E-state index in [0.717, 1.165) is 17.4 Å². The third-order valence-corrected chi connectivity index (χ3v) is 3.18. The molecule has 1 fully saturated rings. The van der Waals surface area contributed by atoms with Crippen LogP contribution >= 0.6 is 15.9 Å². The van der Waals surface area contributed by atoms with Crippen molar-refractivity contribution in [2.24, 2.45) is 5.90 Å². The second-order valence-corrected chi connectivity index (χ2v) is 4.18. The van der Waals surface area contributed by atoms with Gasteiger partial charge in [-0.05, 0) is 40.4 Å². The Hall–Kier alpha value is -0.450. The summed E-state index contributed by atoms with van der Waals surface area (Å²) in [4.78, 5) is 8.92. The van der Waals surface area contributed by atoms with E-state index < -0.39 is 0 Å². The zero-order valence-corrected chi connectivity index (χ0v) is 8.75. The molecule has 0 saturated heterocycles. The van der Waals surface area contributed by atoms with E-state index in [9.17, 15) is 0 Å². The van der Waals surface area contributed by atoms with E-state index in [1.807, 2.05) is 6.07 Å². The molecule has 0 aliphatic heterocycles. The molecule has 0 aromatic carbocycles. The van der Waals surface area contributed by atoms with Crippen molar-refractivity contribution in [2.45, 2.75) is 18.3 Å². The maximum atomic E-state index is 5.11. The van der Waals surface area contributed by atoms with Crippen molar-refractivity contribution < 1.29 is 4.84 Å². The highest BCUT2D eigenvalue weighted by Gasteiger charge is 2.46. The van der Waals surface area contributed by atoms with Crippen LogP contribution in [0.5, 0.6) is 0 Å². The van der Waals surface area contributed by atoms with Crippen LogP contribution in [0.25, 0.3) is 0 Å². The Morgan fingerprint density at radius 1 is 1.62 bits per heavy atom. The molecular weight excluding hydrogens is 232 g/mol. The number of halogens is 1. The Balaban J connectivity index is 2.30. The number of nitrogens with two attached hydrogens (primary N) is 1. The second-order valence-electron chi connectivity index (χ2n) is 3.43. The molecule has 1 heterocycles. The summed E-state index contributed by atoms with van der Waals surface area (Å²) >= 11 is 3.43. The molecule has 4 heteroatoms. The number of rotatable bonds is 3. The van der Waals surface area contributed by atoms with Crippen molar-refractivity contribution in [3.63, 3.8) is 0 Å². The van der Waals surface area contributed by atoms with Crippen molar-refractivity contribution in [1.29, 1.82) is 0 Å². The molecule has 1 aliphatic carbocycles. The van der Waals surface area contributed by atoms with Crippen molar-refractivity contribution in [3.05, 3.63) is 28.5 Å². The zero-order chi connectivity index (χ0) is 9.31. The molecule has 13 heavy (non-hydrogen) atoms. The van der Waals surface area contributed by atoms with Gasteiger partial charge in [0.15, 0.2) is 0 Å². The monoisotopic (exact) mass is 242 g/mol. The largest absolute Gasteiger partial charge is 0.304 e. The Morgan fingerprint density at radius 3 is 2.92 bits per heavy atom. The van der Waals surface area contributed by atoms with Gasteiger partial charge in [-0.15, -0.1) is 0 Å². The minimum atomic E-state index is 0.127. The molecule has 1 aromatic rings. The van der Waals surface area contributed by atoms with Crippen LogP contribution in [0.4, 0.5) is 0 Å². The average Bonchev–Trinajstić information content (AvgIpc) is 2.87. The number of nitrogens with zero attached hydrogens (tertiary/aromatic N) is 1. The van der Waals surface area contributed by atoms with E-state index >= 15 is 0 Å². The molecule has 3 nitrogen and oxygen atoms in total. The highest BCUT2D eigenvalue weighted by Crippen LogP contribution is 2.49. The van der Waals surface area contributed by atoms with Gasteiger partial charge in [-0.3, -0.25) is 0 Å². The van der Waals surface area contributed by atoms with Crippen LogP contribution in [0.2, 0.25) is 0 Å². The lowest BCUT2D eigenvalue weighted by molar-refractivity contribution is 0.116. The van der Waals surface area contributed by atoms with Crippen LogP contribution in [0, 0.1) is 0 Å². The van der Waals surface area contributed by atoms with Crippen LogP contribution in [-0.2, 0) is 10.3 Å². The van der Waals surface area contributed by atoms with Gasteiger partial charge in [0.1, 0.15) is 4.60 Å². The molecule has 0 spiro atoms. The van der Waals surface area contributed by atoms with E-state index in [1.165, 1.54) is 5.56 Å². The quantitative estimate of drug-likeness (QED) is 0.650. The van der Waals surface area contributed by atoms with Crippen molar-refractivity contribution in [1.82, 2.24) is 4.98 Å². The van der Waals surface area contributed by atoms with Gasteiger partial charge in [-0.25, -0.2) is 10.9 Å². The lowest BCUT2D eigenvalue weighted by Crippen LogP contribution is -2.18. The van der Waals surface area contributed by atoms with Gasteiger partial charge in [0, 0.05) is 11.6 Å². The molecule has 2 rings (SSSR count). The summed E-state index contributed by atoms with van der Waals surface area (Å²) < 4.78 is 0.907. The third kappa shape index (κ3) is 1.61. The van der Waals surface area contributed by atoms with Crippen LogP contribution in [-0.4, -0.2) is 11.6 Å². The fraction of sp³-hybridized carbons (Fsp3) is 0.444. The van der Waals surface area contributed by atoms with Gasteiger partial charge in [0.25, 0.3) is 0 Å². The summed E-state index contributed by atoms with van der Waals surface area (Å²) in [5.74, 6) is 5.11. The Morgan fingerprint density at radius 2 is 2.38 bits per heavy atom. The minimum Gasteiger partial charge on any atom is -0.304 e. The van der Waals surface area contributed by atoms with Crippen molar-refractivity contribution >= 4 is 15.9 Å². The molecule has 0 atom stereocenters. The Bertz CT molecular complexity index is 312. The first kappa shape index (κ1) is 9.12. The summed E-state index contributed by atoms with van der Waals surface area (Å²) in [7, 11) is 0. The van der Waals surface area contributed by atoms with E-state index in [1.54, 1.807) is 6.20 Å². The summed E-state index contributed by atoms with van der Waals surface area (Å²) in [5.41, 5.74) is 1.34. The maximum absolute atomic E-state index is 5.11. The molecule has 0 unspecified atom stereocenters. The summed E-state index contributed by atoms with van der Waals surface area (Å²) in [5, 5.41) is 0. The second kappa shape index (κ2) is 3.36. The van der Waals surface area contributed by atoms with Gasteiger partial charge < -0.3 is 4.84 Å². The van der Waals surface area contributed by atoms with Crippen LogP contribution < -0.4 is 5.90 Å². The smallest absolute Gasteiger partial charge is 0.109 e. The Kier molecular flexibility index (Phi) is 2.36. The average molecular weight is 243 g/mol.